The van der Waals surface area contributed by atoms with Crippen LogP contribution in [0.2, 0.25) is 5.02 Å². The highest BCUT2D eigenvalue weighted by molar-refractivity contribution is 6.30. The van der Waals surface area contributed by atoms with E-state index in [0.29, 0.717) is 28.7 Å². The molecule has 0 bridgehead atoms. The molecular formula is C17H17ClO3. The molecule has 2 aromatic carbocycles. The molecular weight excluding hydrogens is 288 g/mol. The molecule has 0 unspecified atom stereocenters. The summed E-state index contributed by atoms with van der Waals surface area (Å²) >= 11 is 5.79. The molecule has 0 amide bonds. The summed E-state index contributed by atoms with van der Waals surface area (Å²) in [6.45, 7) is 2.75. The van der Waals surface area contributed by atoms with Gasteiger partial charge in [0.25, 0.3) is 0 Å². The van der Waals surface area contributed by atoms with Crippen LogP contribution in [0.3, 0.4) is 0 Å². The Labute approximate surface area is 129 Å². The van der Waals surface area contributed by atoms with E-state index in [1.807, 2.05) is 6.07 Å². The monoisotopic (exact) mass is 304 g/mol. The highest BCUT2D eigenvalue weighted by Gasteiger charge is 2.09. The Morgan fingerprint density at radius 1 is 1.10 bits per heavy atom. The molecule has 4 heteroatoms. The second-order valence-electron chi connectivity index (χ2n) is 4.57. The minimum absolute atomic E-state index is 0.418. The largest absolute Gasteiger partial charge is 0.494 e. The summed E-state index contributed by atoms with van der Waals surface area (Å²) in [5.74, 6) is 0.717. The van der Waals surface area contributed by atoms with Crippen LogP contribution in [0.5, 0.6) is 11.5 Å². The molecule has 0 aliphatic carbocycles. The van der Waals surface area contributed by atoms with Gasteiger partial charge < -0.3 is 9.47 Å². The summed E-state index contributed by atoms with van der Waals surface area (Å²) in [5, 5.41) is 0.598. The van der Waals surface area contributed by atoms with Crippen LogP contribution < -0.4 is 9.47 Å². The number of carbonyl (C=O) groups excluding carboxylic acids is 1. The van der Waals surface area contributed by atoms with E-state index in [-0.39, 0.29) is 0 Å². The van der Waals surface area contributed by atoms with Crippen molar-refractivity contribution < 1.29 is 14.3 Å². The first-order valence-electron chi connectivity index (χ1n) is 6.89. The molecule has 0 saturated carbocycles. The molecule has 0 fully saturated rings. The molecule has 0 radical (unpaired) electrons. The smallest absolute Gasteiger partial charge is 0.343 e. The molecule has 0 atom stereocenters. The van der Waals surface area contributed by atoms with E-state index in [9.17, 15) is 4.79 Å². The quantitative estimate of drug-likeness (QED) is 0.439. The van der Waals surface area contributed by atoms with Crippen LogP contribution in [0.1, 0.15) is 30.1 Å². The Kier molecular flexibility index (Phi) is 5.64. The van der Waals surface area contributed by atoms with Gasteiger partial charge in [-0.25, -0.2) is 4.79 Å². The van der Waals surface area contributed by atoms with Crippen LogP contribution >= 0.6 is 11.6 Å². The number of esters is 1. The lowest BCUT2D eigenvalue weighted by Gasteiger charge is -2.08. The zero-order valence-corrected chi connectivity index (χ0v) is 12.6. The van der Waals surface area contributed by atoms with Crippen molar-refractivity contribution in [3.05, 3.63) is 59.1 Å². The third-order valence-corrected chi connectivity index (χ3v) is 3.11. The van der Waals surface area contributed by atoms with Gasteiger partial charge in [0, 0.05) is 5.02 Å². The van der Waals surface area contributed by atoms with Crippen molar-refractivity contribution in [3.63, 3.8) is 0 Å². The third kappa shape index (κ3) is 4.80. The molecule has 0 aromatic heterocycles. The maximum absolute atomic E-state index is 12.1. The topological polar surface area (TPSA) is 35.5 Å². The van der Waals surface area contributed by atoms with Gasteiger partial charge in [-0.2, -0.15) is 0 Å². The van der Waals surface area contributed by atoms with Gasteiger partial charge >= 0.3 is 5.97 Å². The van der Waals surface area contributed by atoms with Crippen LogP contribution in [0.4, 0.5) is 0 Å². The fraction of sp³-hybridized carbons (Fsp3) is 0.235. The maximum Gasteiger partial charge on any atom is 0.343 e. The molecule has 2 aromatic rings. The van der Waals surface area contributed by atoms with Crippen molar-refractivity contribution in [1.82, 2.24) is 0 Å². The zero-order valence-electron chi connectivity index (χ0n) is 11.8. The first kappa shape index (κ1) is 15.4. The fourth-order valence-corrected chi connectivity index (χ4v) is 1.84. The minimum atomic E-state index is -0.418. The lowest BCUT2D eigenvalue weighted by molar-refractivity contribution is 0.0734. The Morgan fingerprint density at radius 3 is 2.57 bits per heavy atom. The van der Waals surface area contributed by atoms with Crippen LogP contribution in [-0.4, -0.2) is 12.6 Å². The minimum Gasteiger partial charge on any atom is -0.494 e. The Morgan fingerprint density at radius 2 is 1.86 bits per heavy atom. The fourth-order valence-electron chi connectivity index (χ4n) is 1.72. The van der Waals surface area contributed by atoms with E-state index in [4.69, 9.17) is 21.1 Å². The van der Waals surface area contributed by atoms with Gasteiger partial charge in [-0.05, 0) is 48.9 Å². The van der Waals surface area contributed by atoms with E-state index in [1.165, 1.54) is 0 Å². The predicted molar refractivity (Wildman–Crippen MR) is 83.3 cm³/mol. The van der Waals surface area contributed by atoms with Crippen LogP contribution in [0.15, 0.2) is 48.5 Å². The summed E-state index contributed by atoms with van der Waals surface area (Å²) in [6, 6.07) is 13.7. The molecule has 0 heterocycles. The van der Waals surface area contributed by atoms with Gasteiger partial charge in [0.15, 0.2) is 0 Å². The van der Waals surface area contributed by atoms with Crippen molar-refractivity contribution >= 4 is 17.6 Å². The molecule has 0 spiro atoms. The highest BCUT2D eigenvalue weighted by Crippen LogP contribution is 2.19. The van der Waals surface area contributed by atoms with E-state index in [1.54, 1.807) is 42.5 Å². The van der Waals surface area contributed by atoms with Gasteiger partial charge in [-0.15, -0.1) is 0 Å². The summed E-state index contributed by atoms with van der Waals surface area (Å²) in [6.07, 6.45) is 2.05. The number of ether oxygens (including phenoxy) is 2. The second kappa shape index (κ2) is 7.70. The number of rotatable bonds is 6. The molecule has 2 rings (SSSR count). The van der Waals surface area contributed by atoms with Crippen molar-refractivity contribution in [2.45, 2.75) is 19.8 Å². The molecule has 0 N–H and O–H groups in total. The van der Waals surface area contributed by atoms with Crippen LogP contribution in [0, 0.1) is 0 Å². The maximum atomic E-state index is 12.1. The van der Waals surface area contributed by atoms with E-state index in [0.717, 1.165) is 12.8 Å². The first-order chi connectivity index (χ1) is 10.2. The van der Waals surface area contributed by atoms with Gasteiger partial charge in [-0.1, -0.05) is 31.0 Å². The SMILES string of the molecule is CCCCOc1cccc(C(=O)Oc2ccc(Cl)cc2)c1. The molecule has 21 heavy (non-hydrogen) atoms. The summed E-state index contributed by atoms with van der Waals surface area (Å²) in [4.78, 5) is 12.1. The molecule has 3 nitrogen and oxygen atoms in total. The van der Waals surface area contributed by atoms with Crippen molar-refractivity contribution in [1.29, 1.82) is 0 Å². The number of unbranched alkanes of at least 4 members (excludes halogenated alkanes) is 1. The Balaban J connectivity index is 2.01. The van der Waals surface area contributed by atoms with E-state index >= 15 is 0 Å². The predicted octanol–water partition coefficient (Wildman–Crippen LogP) is 4.74. The average Bonchev–Trinajstić information content (AvgIpc) is 2.50. The lowest BCUT2D eigenvalue weighted by Crippen LogP contribution is -2.08. The van der Waals surface area contributed by atoms with E-state index in [2.05, 4.69) is 6.92 Å². The number of halogens is 1. The lowest BCUT2D eigenvalue weighted by atomic mass is 10.2. The van der Waals surface area contributed by atoms with Gasteiger partial charge in [0.2, 0.25) is 0 Å². The number of hydrogen-bond acceptors (Lipinski definition) is 3. The Hall–Kier alpha value is -2.00. The standard InChI is InChI=1S/C17H17ClO3/c1-2-3-11-20-16-6-4-5-13(12-16)17(19)21-15-9-7-14(18)8-10-15/h4-10,12H,2-3,11H2,1H3. The molecule has 110 valence electrons. The molecule has 0 aliphatic heterocycles. The second-order valence-corrected chi connectivity index (χ2v) is 5.01. The van der Waals surface area contributed by atoms with Crippen molar-refractivity contribution in [3.8, 4) is 11.5 Å². The number of carbonyl (C=O) groups is 1. The first-order valence-corrected chi connectivity index (χ1v) is 7.27. The molecule has 0 aliphatic rings. The summed E-state index contributed by atoms with van der Waals surface area (Å²) in [5.41, 5.74) is 0.457. The normalized spacial score (nSPS) is 10.2. The van der Waals surface area contributed by atoms with Crippen molar-refractivity contribution in [2.75, 3.05) is 6.61 Å². The Bertz CT molecular complexity index is 593. The van der Waals surface area contributed by atoms with Crippen molar-refractivity contribution in [2.24, 2.45) is 0 Å². The zero-order chi connectivity index (χ0) is 15.1. The number of hydrogen-bond donors (Lipinski definition) is 0. The van der Waals surface area contributed by atoms with Gasteiger partial charge in [0.05, 0.1) is 12.2 Å². The van der Waals surface area contributed by atoms with E-state index < -0.39 is 5.97 Å². The van der Waals surface area contributed by atoms with Crippen LogP contribution in [0.25, 0.3) is 0 Å². The average molecular weight is 305 g/mol. The highest BCUT2D eigenvalue weighted by atomic mass is 35.5. The van der Waals surface area contributed by atoms with Crippen LogP contribution in [-0.2, 0) is 0 Å². The molecule has 0 saturated heterocycles. The summed E-state index contributed by atoms with van der Waals surface area (Å²) in [7, 11) is 0. The number of benzene rings is 2. The third-order valence-electron chi connectivity index (χ3n) is 2.86. The summed E-state index contributed by atoms with van der Waals surface area (Å²) < 4.78 is 10.9. The van der Waals surface area contributed by atoms with Gasteiger partial charge in [0.1, 0.15) is 11.5 Å². The van der Waals surface area contributed by atoms with Gasteiger partial charge in [-0.3, -0.25) is 0 Å².